The Labute approximate surface area is 186 Å². The molecule has 156 valence electrons. The summed E-state index contributed by atoms with van der Waals surface area (Å²) in [6.45, 7) is 0.646. The summed E-state index contributed by atoms with van der Waals surface area (Å²) in [4.78, 5) is 28.5. The van der Waals surface area contributed by atoms with E-state index in [2.05, 4.69) is 10.3 Å². The van der Waals surface area contributed by atoms with Crippen molar-refractivity contribution < 1.29 is 19.1 Å². The van der Waals surface area contributed by atoms with Crippen LogP contribution < -0.4 is 10.1 Å². The third kappa shape index (κ3) is 7.01. The van der Waals surface area contributed by atoms with E-state index >= 15 is 0 Å². The molecular weight excluding hydrogens is 440 g/mol. The van der Waals surface area contributed by atoms with E-state index in [0.717, 1.165) is 26.4 Å². The van der Waals surface area contributed by atoms with Gasteiger partial charge in [-0.3, -0.25) is 14.6 Å². The first-order valence-electron chi connectivity index (χ1n) is 9.29. The number of rotatable bonds is 10. The second-order valence-corrected chi connectivity index (χ2v) is 9.13. The lowest BCUT2D eigenvalue weighted by Gasteiger charge is -2.08. The number of nitrogens with one attached hydrogen (secondary N) is 1. The van der Waals surface area contributed by atoms with E-state index in [1.807, 2.05) is 30.3 Å². The van der Waals surface area contributed by atoms with Crippen LogP contribution in [0.3, 0.4) is 0 Å². The maximum absolute atomic E-state index is 11.8. The average molecular weight is 461 g/mol. The van der Waals surface area contributed by atoms with Gasteiger partial charge in [-0.2, -0.15) is 0 Å². The molecule has 2 heterocycles. The fourth-order valence-electron chi connectivity index (χ4n) is 2.47. The number of aromatic nitrogens is 1. The van der Waals surface area contributed by atoms with E-state index in [4.69, 9.17) is 21.7 Å². The summed E-state index contributed by atoms with van der Waals surface area (Å²) in [6, 6.07) is 13.2. The minimum absolute atomic E-state index is 0.172. The van der Waals surface area contributed by atoms with Crippen molar-refractivity contribution in [1.82, 2.24) is 10.3 Å². The minimum atomic E-state index is -0.472. The van der Waals surface area contributed by atoms with Crippen LogP contribution in [0.5, 0.6) is 5.75 Å². The molecule has 0 bridgehead atoms. The van der Waals surface area contributed by atoms with Gasteiger partial charge in [0.15, 0.2) is 0 Å². The summed E-state index contributed by atoms with van der Waals surface area (Å²) in [5.41, 5.74) is 1.53. The number of benzene rings is 1. The Hall–Kier alpha value is -2.62. The zero-order valence-corrected chi connectivity index (χ0v) is 18.5. The fraction of sp³-hybridized carbons (Fsp3) is 0.238. The molecule has 2 aromatic heterocycles. The molecule has 1 amide bonds. The van der Waals surface area contributed by atoms with Gasteiger partial charge >= 0.3 is 5.97 Å². The number of hydrogen-bond acceptors (Lipinski definition) is 8. The first kappa shape index (κ1) is 22.1. The number of carbonyl (C=O) groups is 2. The first-order valence-corrected chi connectivity index (χ1v) is 11.8. The Balaban J connectivity index is 1.27. The number of hydrogen-bond donors (Lipinski definition) is 1. The molecule has 1 N–H and O–H groups in total. The van der Waals surface area contributed by atoms with Crippen LogP contribution in [0.4, 0.5) is 0 Å². The third-order valence-electron chi connectivity index (χ3n) is 3.99. The summed E-state index contributed by atoms with van der Waals surface area (Å²) in [5.74, 6) is -0.0306. The van der Waals surface area contributed by atoms with Crippen LogP contribution in [0.15, 0.2) is 54.9 Å². The number of unbranched alkanes of at least 4 members (excludes halogenated alkanes) is 1. The number of ether oxygens (including phenoxy) is 2. The molecule has 0 saturated carbocycles. The maximum Gasteiger partial charge on any atom is 0.325 e. The topological polar surface area (TPSA) is 77.5 Å². The number of carbonyl (C=O) groups excluding carboxylic acids is 2. The second kappa shape index (κ2) is 11.5. The summed E-state index contributed by atoms with van der Waals surface area (Å²) in [6.07, 6.45) is 4.45. The van der Waals surface area contributed by atoms with Crippen molar-refractivity contribution in [3.8, 4) is 16.2 Å². The lowest BCUT2D eigenvalue weighted by atomic mass is 10.2. The van der Waals surface area contributed by atoms with Gasteiger partial charge in [0.2, 0.25) is 0 Å². The molecule has 0 aliphatic heterocycles. The van der Waals surface area contributed by atoms with Gasteiger partial charge in [-0.05, 0) is 60.9 Å². The zero-order valence-electron chi connectivity index (χ0n) is 16.0. The first-order chi connectivity index (χ1) is 14.6. The average Bonchev–Trinajstić information content (AvgIpc) is 3.21. The molecule has 0 unspecified atom stereocenters. The lowest BCUT2D eigenvalue weighted by molar-refractivity contribution is -0.142. The summed E-state index contributed by atoms with van der Waals surface area (Å²) < 4.78 is 11.7. The van der Waals surface area contributed by atoms with Crippen molar-refractivity contribution in [3.05, 3.63) is 64.2 Å². The molecule has 9 heteroatoms. The molecule has 0 radical (unpaired) electrons. The Morgan fingerprint density at radius 3 is 2.57 bits per heavy atom. The highest BCUT2D eigenvalue weighted by Gasteiger charge is 2.08. The molecule has 1 aromatic carbocycles. The number of amides is 1. The highest BCUT2D eigenvalue weighted by molar-refractivity contribution is 7.80. The monoisotopic (exact) mass is 460 g/mol. The van der Waals surface area contributed by atoms with Gasteiger partial charge in [0.05, 0.1) is 18.8 Å². The maximum atomic E-state index is 11.8. The van der Waals surface area contributed by atoms with Gasteiger partial charge in [0.1, 0.15) is 16.1 Å². The molecular formula is C21H20N2O4S3. The van der Waals surface area contributed by atoms with E-state index in [9.17, 15) is 9.59 Å². The van der Waals surface area contributed by atoms with Crippen molar-refractivity contribution in [2.45, 2.75) is 12.8 Å². The minimum Gasteiger partial charge on any atom is -0.494 e. The SMILES string of the molecule is O=C(CNC(=O)c1cccnc1)OCCCCOc1ccc(-c2cc(=S)ss2)cc1. The molecule has 3 rings (SSSR count). The molecule has 0 saturated heterocycles. The number of pyridine rings is 1. The van der Waals surface area contributed by atoms with Crippen molar-refractivity contribution in [1.29, 1.82) is 0 Å². The Morgan fingerprint density at radius 2 is 1.87 bits per heavy atom. The van der Waals surface area contributed by atoms with Crippen LogP contribution in [0, 0.1) is 3.82 Å². The predicted molar refractivity (Wildman–Crippen MR) is 121 cm³/mol. The van der Waals surface area contributed by atoms with Gasteiger partial charge in [0.25, 0.3) is 5.91 Å². The highest BCUT2D eigenvalue weighted by Crippen LogP contribution is 2.30. The van der Waals surface area contributed by atoms with E-state index in [0.29, 0.717) is 18.6 Å². The lowest BCUT2D eigenvalue weighted by Crippen LogP contribution is -2.30. The fourth-order valence-corrected chi connectivity index (χ4v) is 4.87. The van der Waals surface area contributed by atoms with Crippen molar-refractivity contribution >= 4 is 44.8 Å². The summed E-state index contributed by atoms with van der Waals surface area (Å²) in [7, 11) is 3.27. The van der Waals surface area contributed by atoms with Crippen LogP contribution in [-0.4, -0.2) is 36.6 Å². The van der Waals surface area contributed by atoms with Gasteiger partial charge in [-0.25, -0.2) is 0 Å². The predicted octanol–water partition coefficient (Wildman–Crippen LogP) is 4.73. The molecule has 6 nitrogen and oxygen atoms in total. The Bertz CT molecular complexity index is 1020. The molecule has 0 fully saturated rings. The zero-order chi connectivity index (χ0) is 21.2. The summed E-state index contributed by atoms with van der Waals surface area (Å²) >= 11 is 5.17. The molecule has 3 aromatic rings. The Morgan fingerprint density at radius 1 is 1.07 bits per heavy atom. The van der Waals surface area contributed by atoms with E-state index in [1.165, 1.54) is 6.20 Å². The molecule has 0 aliphatic carbocycles. The van der Waals surface area contributed by atoms with Gasteiger partial charge < -0.3 is 14.8 Å². The van der Waals surface area contributed by atoms with Crippen LogP contribution in [-0.2, 0) is 9.53 Å². The second-order valence-electron chi connectivity index (χ2n) is 6.22. The van der Waals surface area contributed by atoms with E-state index in [-0.39, 0.29) is 19.1 Å². The molecule has 0 aliphatic rings. The van der Waals surface area contributed by atoms with Crippen LogP contribution >= 0.6 is 32.9 Å². The van der Waals surface area contributed by atoms with Gasteiger partial charge in [-0.1, -0.05) is 32.9 Å². The standard InChI is InChI=1S/C21H20N2O4S3/c24-19(14-23-21(25)16-4-3-9-22-13-16)27-11-2-1-10-26-17-7-5-15(6-8-17)18-12-20(28)30-29-18/h3-9,12-13H,1-2,10-11,14H2,(H,23,25). The Kier molecular flexibility index (Phi) is 8.49. The molecule has 0 spiro atoms. The largest absolute Gasteiger partial charge is 0.494 e. The van der Waals surface area contributed by atoms with Crippen LogP contribution in [0.1, 0.15) is 23.2 Å². The smallest absolute Gasteiger partial charge is 0.325 e. The quantitative estimate of drug-likeness (QED) is 0.204. The van der Waals surface area contributed by atoms with Crippen molar-refractivity contribution in [3.63, 3.8) is 0 Å². The van der Waals surface area contributed by atoms with Crippen LogP contribution in [0.25, 0.3) is 10.4 Å². The van der Waals surface area contributed by atoms with Gasteiger partial charge in [-0.15, -0.1) is 0 Å². The van der Waals surface area contributed by atoms with Crippen molar-refractivity contribution in [2.75, 3.05) is 19.8 Å². The van der Waals surface area contributed by atoms with E-state index in [1.54, 1.807) is 39.0 Å². The number of nitrogens with zero attached hydrogens (tertiary/aromatic N) is 1. The van der Waals surface area contributed by atoms with E-state index < -0.39 is 5.97 Å². The summed E-state index contributed by atoms with van der Waals surface area (Å²) in [5, 5.41) is 2.51. The molecule has 30 heavy (non-hydrogen) atoms. The third-order valence-corrected chi connectivity index (χ3v) is 6.90. The van der Waals surface area contributed by atoms with Gasteiger partial charge in [0, 0.05) is 17.3 Å². The normalized spacial score (nSPS) is 10.4. The van der Waals surface area contributed by atoms with Crippen molar-refractivity contribution in [2.24, 2.45) is 0 Å². The molecule has 0 atom stereocenters. The number of esters is 1. The van der Waals surface area contributed by atoms with Crippen LogP contribution in [0.2, 0.25) is 0 Å². The highest BCUT2D eigenvalue weighted by atomic mass is 32.9.